The third kappa shape index (κ3) is 3.34. The van der Waals surface area contributed by atoms with E-state index in [2.05, 4.69) is 4.98 Å². The first-order valence-electron chi connectivity index (χ1n) is 5.90. The van der Waals surface area contributed by atoms with Gasteiger partial charge in [0.25, 0.3) is 0 Å². The standard InChI is InChI=1S/C13H15NO4S2/c1-13(2,3)18-11(15)8-5-6-9-10(7-8)19-12(14-9)20(4,16)17/h5-7H,1-4H3. The van der Waals surface area contributed by atoms with E-state index in [1.165, 1.54) is 0 Å². The van der Waals surface area contributed by atoms with E-state index in [1.807, 2.05) is 0 Å². The molecule has 7 heteroatoms. The van der Waals surface area contributed by atoms with Gasteiger partial charge < -0.3 is 4.74 Å². The molecule has 20 heavy (non-hydrogen) atoms. The number of benzene rings is 1. The second-order valence-corrected chi connectivity index (χ2v) is 8.66. The molecule has 0 amide bonds. The minimum atomic E-state index is -3.34. The Morgan fingerprint density at radius 1 is 1.30 bits per heavy atom. The van der Waals surface area contributed by atoms with Crippen molar-refractivity contribution < 1.29 is 17.9 Å². The molecule has 0 fully saturated rings. The lowest BCUT2D eigenvalue weighted by Crippen LogP contribution is -2.23. The number of fused-ring (bicyclic) bond motifs is 1. The van der Waals surface area contributed by atoms with E-state index in [9.17, 15) is 13.2 Å². The lowest BCUT2D eigenvalue weighted by molar-refractivity contribution is 0.00697. The Morgan fingerprint density at radius 3 is 2.50 bits per heavy atom. The van der Waals surface area contributed by atoms with Crippen LogP contribution in [0.4, 0.5) is 0 Å². The van der Waals surface area contributed by atoms with Crippen LogP contribution in [0.1, 0.15) is 31.1 Å². The minimum absolute atomic E-state index is 0.0499. The van der Waals surface area contributed by atoms with Gasteiger partial charge in [0.1, 0.15) is 5.60 Å². The summed E-state index contributed by atoms with van der Waals surface area (Å²) in [5, 5.41) is 0. The average molecular weight is 313 g/mol. The van der Waals surface area contributed by atoms with Crippen LogP contribution in [0.15, 0.2) is 22.5 Å². The van der Waals surface area contributed by atoms with E-state index in [0.29, 0.717) is 15.8 Å². The summed E-state index contributed by atoms with van der Waals surface area (Å²) in [6.07, 6.45) is 1.11. The first kappa shape index (κ1) is 14.9. The zero-order chi connectivity index (χ0) is 15.1. The fourth-order valence-electron chi connectivity index (χ4n) is 1.53. The van der Waals surface area contributed by atoms with Crippen molar-refractivity contribution in [3.8, 4) is 0 Å². The highest BCUT2D eigenvalue weighted by atomic mass is 32.2. The third-order valence-electron chi connectivity index (χ3n) is 2.32. The van der Waals surface area contributed by atoms with Gasteiger partial charge in [-0.3, -0.25) is 0 Å². The Balaban J connectivity index is 2.42. The molecular formula is C13H15NO4S2. The quantitative estimate of drug-likeness (QED) is 0.797. The summed E-state index contributed by atoms with van der Waals surface area (Å²) >= 11 is 1.05. The molecule has 1 aromatic carbocycles. The van der Waals surface area contributed by atoms with Gasteiger partial charge in [-0.2, -0.15) is 0 Å². The van der Waals surface area contributed by atoms with Crippen molar-refractivity contribution in [2.24, 2.45) is 0 Å². The summed E-state index contributed by atoms with van der Waals surface area (Å²) in [5.41, 5.74) is 0.372. The Hall–Kier alpha value is -1.47. The van der Waals surface area contributed by atoms with Crippen molar-refractivity contribution in [3.63, 3.8) is 0 Å². The van der Waals surface area contributed by atoms with Gasteiger partial charge in [0.15, 0.2) is 0 Å². The van der Waals surface area contributed by atoms with Crippen molar-refractivity contribution in [2.45, 2.75) is 30.7 Å². The van der Waals surface area contributed by atoms with E-state index < -0.39 is 21.4 Å². The predicted octanol–water partition coefficient (Wildman–Crippen LogP) is 2.66. The van der Waals surface area contributed by atoms with Gasteiger partial charge >= 0.3 is 5.97 Å². The van der Waals surface area contributed by atoms with Crippen LogP contribution in [-0.2, 0) is 14.6 Å². The summed E-state index contributed by atoms with van der Waals surface area (Å²) in [6.45, 7) is 5.37. The van der Waals surface area contributed by atoms with Gasteiger partial charge in [-0.25, -0.2) is 18.2 Å². The predicted molar refractivity (Wildman–Crippen MR) is 77.9 cm³/mol. The number of nitrogens with zero attached hydrogens (tertiary/aromatic N) is 1. The van der Waals surface area contributed by atoms with Crippen LogP contribution in [0, 0.1) is 0 Å². The summed E-state index contributed by atoms with van der Waals surface area (Å²) < 4.78 is 28.9. The third-order valence-corrected chi connectivity index (χ3v) is 5.02. The molecule has 0 N–H and O–H groups in total. The highest BCUT2D eigenvalue weighted by Crippen LogP contribution is 2.27. The number of rotatable bonds is 2. The number of sulfone groups is 1. The maximum Gasteiger partial charge on any atom is 0.338 e. The molecule has 5 nitrogen and oxygen atoms in total. The van der Waals surface area contributed by atoms with Crippen molar-refractivity contribution in [1.82, 2.24) is 4.98 Å². The number of carbonyl (C=O) groups is 1. The second kappa shape index (κ2) is 4.82. The Kier molecular flexibility index (Phi) is 3.60. The Morgan fingerprint density at radius 2 is 1.95 bits per heavy atom. The SMILES string of the molecule is CC(C)(C)OC(=O)c1ccc2nc(S(C)(=O)=O)sc2c1. The highest BCUT2D eigenvalue weighted by Gasteiger charge is 2.19. The highest BCUT2D eigenvalue weighted by molar-refractivity contribution is 7.92. The second-order valence-electron chi connectivity index (χ2n) is 5.44. The minimum Gasteiger partial charge on any atom is -0.456 e. The van der Waals surface area contributed by atoms with Crippen molar-refractivity contribution in [2.75, 3.05) is 6.26 Å². The molecule has 2 aromatic rings. The average Bonchev–Trinajstić information content (AvgIpc) is 2.68. The van der Waals surface area contributed by atoms with Crippen molar-refractivity contribution >= 4 is 37.4 Å². The molecule has 0 saturated carbocycles. The van der Waals surface area contributed by atoms with Gasteiger partial charge in [0.2, 0.25) is 14.2 Å². The molecule has 0 radical (unpaired) electrons. The lowest BCUT2D eigenvalue weighted by Gasteiger charge is -2.19. The molecule has 0 bridgehead atoms. The summed E-state index contributed by atoms with van der Waals surface area (Å²) in [5.74, 6) is -0.436. The van der Waals surface area contributed by atoms with E-state index in [1.54, 1.807) is 39.0 Å². The van der Waals surface area contributed by atoms with Crippen LogP contribution in [0.2, 0.25) is 0 Å². The summed E-state index contributed by atoms with van der Waals surface area (Å²) in [4.78, 5) is 16.0. The van der Waals surface area contributed by atoms with Crippen molar-refractivity contribution in [3.05, 3.63) is 23.8 Å². The largest absolute Gasteiger partial charge is 0.456 e. The molecule has 0 unspecified atom stereocenters. The zero-order valence-corrected chi connectivity index (χ0v) is 13.3. The lowest BCUT2D eigenvalue weighted by atomic mass is 10.1. The molecule has 0 atom stereocenters. The van der Waals surface area contributed by atoms with Crippen LogP contribution in [0.5, 0.6) is 0 Å². The van der Waals surface area contributed by atoms with Gasteiger partial charge in [0, 0.05) is 6.26 Å². The fraction of sp³-hybridized carbons (Fsp3) is 0.385. The molecule has 0 aliphatic heterocycles. The molecule has 0 aliphatic rings. The number of thiazole rings is 1. The van der Waals surface area contributed by atoms with Gasteiger partial charge in [0.05, 0.1) is 15.8 Å². The first-order chi connectivity index (χ1) is 9.06. The van der Waals surface area contributed by atoms with Crippen LogP contribution < -0.4 is 0 Å². The molecule has 1 heterocycles. The van der Waals surface area contributed by atoms with Gasteiger partial charge in [-0.1, -0.05) is 0 Å². The maximum absolute atomic E-state index is 12.0. The number of carbonyl (C=O) groups excluding carboxylic acids is 1. The number of ether oxygens (including phenoxy) is 1. The molecule has 0 spiro atoms. The number of hydrogen-bond acceptors (Lipinski definition) is 6. The smallest absolute Gasteiger partial charge is 0.338 e. The molecular weight excluding hydrogens is 298 g/mol. The topological polar surface area (TPSA) is 73.3 Å². The molecule has 1 aromatic heterocycles. The van der Waals surface area contributed by atoms with Crippen LogP contribution >= 0.6 is 11.3 Å². The summed E-state index contributed by atoms with van der Waals surface area (Å²) in [6, 6.07) is 4.82. The van der Waals surface area contributed by atoms with Crippen LogP contribution in [0.25, 0.3) is 10.2 Å². The first-order valence-corrected chi connectivity index (χ1v) is 8.61. The molecule has 0 aliphatic carbocycles. The monoisotopic (exact) mass is 313 g/mol. The number of aromatic nitrogens is 1. The van der Waals surface area contributed by atoms with E-state index in [4.69, 9.17) is 4.74 Å². The van der Waals surface area contributed by atoms with E-state index in [0.717, 1.165) is 17.6 Å². The Labute approximate surface area is 121 Å². The molecule has 108 valence electrons. The van der Waals surface area contributed by atoms with Crippen LogP contribution in [-0.4, -0.2) is 31.2 Å². The zero-order valence-electron chi connectivity index (χ0n) is 11.6. The summed E-state index contributed by atoms with van der Waals surface area (Å²) in [7, 11) is -3.34. The number of esters is 1. The van der Waals surface area contributed by atoms with Gasteiger partial charge in [-0.05, 0) is 39.0 Å². The Bertz CT molecular complexity index is 769. The number of hydrogen-bond donors (Lipinski definition) is 0. The molecule has 2 rings (SSSR count). The fourth-order valence-corrected chi connectivity index (χ4v) is 3.40. The molecule has 0 saturated heterocycles. The van der Waals surface area contributed by atoms with Gasteiger partial charge in [-0.15, -0.1) is 11.3 Å². The van der Waals surface area contributed by atoms with E-state index >= 15 is 0 Å². The van der Waals surface area contributed by atoms with Crippen molar-refractivity contribution in [1.29, 1.82) is 0 Å². The normalized spacial score (nSPS) is 12.6. The maximum atomic E-state index is 12.0. The van der Waals surface area contributed by atoms with E-state index in [-0.39, 0.29) is 4.34 Å². The van der Waals surface area contributed by atoms with Crippen LogP contribution in [0.3, 0.4) is 0 Å².